The summed E-state index contributed by atoms with van der Waals surface area (Å²) in [6, 6.07) is 8.35. The number of carboxylic acids is 1. The Labute approximate surface area is 140 Å². The predicted octanol–water partition coefficient (Wildman–Crippen LogP) is 1.76. The molecule has 1 amide bonds. The zero-order valence-electron chi connectivity index (χ0n) is 14.1. The first-order chi connectivity index (χ1) is 11.4. The van der Waals surface area contributed by atoms with Crippen LogP contribution in [0.4, 0.5) is 0 Å². The lowest BCUT2D eigenvalue weighted by atomic mass is 10.0. The molecule has 0 bridgehead atoms. The molecule has 0 radical (unpaired) electrons. The first-order valence-electron chi connectivity index (χ1n) is 7.85. The summed E-state index contributed by atoms with van der Waals surface area (Å²) in [5.41, 5.74) is 2.22. The second kappa shape index (κ2) is 7.72. The molecule has 1 atom stereocenters. The molecule has 2 rings (SSSR count). The Morgan fingerprint density at radius 1 is 1.29 bits per heavy atom. The van der Waals surface area contributed by atoms with Gasteiger partial charge in [-0.25, -0.2) is 9.48 Å². The molecule has 1 N–H and O–H groups in total. The van der Waals surface area contributed by atoms with Crippen molar-refractivity contribution in [2.75, 3.05) is 7.05 Å². The first-order valence-corrected chi connectivity index (χ1v) is 7.85. The van der Waals surface area contributed by atoms with Gasteiger partial charge in [-0.1, -0.05) is 42.0 Å². The third-order valence-corrected chi connectivity index (χ3v) is 4.06. The number of aromatic nitrogens is 3. The molecule has 0 fully saturated rings. The highest BCUT2D eigenvalue weighted by molar-refractivity contribution is 5.84. The third kappa shape index (κ3) is 4.41. The minimum absolute atomic E-state index is 0.0266. The van der Waals surface area contributed by atoms with Crippen molar-refractivity contribution < 1.29 is 14.7 Å². The van der Waals surface area contributed by atoms with E-state index in [1.165, 1.54) is 22.0 Å². The van der Waals surface area contributed by atoms with Crippen LogP contribution in [0.15, 0.2) is 30.5 Å². The number of benzene rings is 1. The average molecular weight is 330 g/mol. The van der Waals surface area contributed by atoms with Gasteiger partial charge in [-0.2, -0.15) is 0 Å². The van der Waals surface area contributed by atoms with Crippen molar-refractivity contribution in [2.45, 2.75) is 39.3 Å². The molecule has 24 heavy (non-hydrogen) atoms. The summed E-state index contributed by atoms with van der Waals surface area (Å²) in [7, 11) is 1.76. The lowest BCUT2D eigenvalue weighted by Gasteiger charge is -2.27. The van der Waals surface area contributed by atoms with Crippen LogP contribution in [-0.2, 0) is 17.8 Å². The van der Waals surface area contributed by atoms with E-state index >= 15 is 0 Å². The number of amides is 1. The molecule has 0 aliphatic carbocycles. The summed E-state index contributed by atoms with van der Waals surface area (Å²) >= 11 is 0. The van der Waals surface area contributed by atoms with Crippen molar-refractivity contribution >= 4 is 11.9 Å². The highest BCUT2D eigenvalue weighted by Gasteiger charge is 2.20. The number of aryl methyl sites for hydroxylation is 1. The van der Waals surface area contributed by atoms with Gasteiger partial charge in [0.25, 0.3) is 0 Å². The van der Waals surface area contributed by atoms with Gasteiger partial charge in [0, 0.05) is 13.1 Å². The third-order valence-electron chi connectivity index (χ3n) is 4.06. The SMILES string of the molecule is CCC(Cc1ccc(C)cc1)N(C)C(=O)Cn1cc(C(=O)O)nn1. The second-order valence-corrected chi connectivity index (χ2v) is 5.86. The van der Waals surface area contributed by atoms with Gasteiger partial charge in [0.2, 0.25) is 5.91 Å². The van der Waals surface area contributed by atoms with E-state index in [9.17, 15) is 9.59 Å². The van der Waals surface area contributed by atoms with Crippen LogP contribution < -0.4 is 0 Å². The summed E-state index contributed by atoms with van der Waals surface area (Å²) in [6.07, 6.45) is 2.86. The summed E-state index contributed by atoms with van der Waals surface area (Å²) in [5.74, 6) is -1.29. The van der Waals surface area contributed by atoms with Crippen LogP contribution in [0.25, 0.3) is 0 Å². The van der Waals surface area contributed by atoms with E-state index in [1.807, 2.05) is 13.8 Å². The standard InChI is InChI=1S/C17H22N4O3/c1-4-14(9-13-7-5-12(2)6-8-13)20(3)16(22)11-21-10-15(17(23)24)18-19-21/h5-8,10,14H,4,9,11H2,1-3H3,(H,23,24). The largest absolute Gasteiger partial charge is 0.476 e. The van der Waals surface area contributed by atoms with E-state index in [-0.39, 0.29) is 24.2 Å². The highest BCUT2D eigenvalue weighted by atomic mass is 16.4. The van der Waals surface area contributed by atoms with Crippen LogP contribution in [0.5, 0.6) is 0 Å². The van der Waals surface area contributed by atoms with Crippen molar-refractivity contribution in [2.24, 2.45) is 0 Å². The van der Waals surface area contributed by atoms with E-state index in [4.69, 9.17) is 5.11 Å². The van der Waals surface area contributed by atoms with Gasteiger partial charge in [-0.05, 0) is 25.3 Å². The number of carbonyl (C=O) groups excluding carboxylic acids is 1. The monoisotopic (exact) mass is 330 g/mol. The van der Waals surface area contributed by atoms with Crippen molar-refractivity contribution in [1.82, 2.24) is 19.9 Å². The van der Waals surface area contributed by atoms with Gasteiger partial charge >= 0.3 is 5.97 Å². The smallest absolute Gasteiger partial charge is 0.358 e. The molecule has 0 saturated heterocycles. The maximum absolute atomic E-state index is 12.4. The van der Waals surface area contributed by atoms with E-state index < -0.39 is 5.97 Å². The topological polar surface area (TPSA) is 88.3 Å². The van der Waals surface area contributed by atoms with Gasteiger partial charge in [0.05, 0.1) is 6.20 Å². The average Bonchev–Trinajstić information content (AvgIpc) is 3.02. The van der Waals surface area contributed by atoms with Crippen LogP contribution in [0, 0.1) is 6.92 Å². The molecule has 1 heterocycles. The highest BCUT2D eigenvalue weighted by Crippen LogP contribution is 2.13. The van der Waals surface area contributed by atoms with E-state index in [2.05, 4.69) is 34.6 Å². The van der Waals surface area contributed by atoms with Crippen LogP contribution in [-0.4, -0.2) is 50.0 Å². The first kappa shape index (κ1) is 17.7. The lowest BCUT2D eigenvalue weighted by Crippen LogP contribution is -2.40. The fourth-order valence-electron chi connectivity index (χ4n) is 2.48. The fourth-order valence-corrected chi connectivity index (χ4v) is 2.48. The van der Waals surface area contributed by atoms with Crippen LogP contribution in [0.3, 0.4) is 0 Å². The van der Waals surface area contributed by atoms with Crippen molar-refractivity contribution in [3.63, 3.8) is 0 Å². The summed E-state index contributed by atoms with van der Waals surface area (Å²) in [5, 5.41) is 16.0. The molecule has 0 aliphatic rings. The number of aromatic carboxylic acids is 1. The lowest BCUT2D eigenvalue weighted by molar-refractivity contribution is -0.132. The molecule has 7 nitrogen and oxygen atoms in total. The summed E-state index contributed by atoms with van der Waals surface area (Å²) in [6.45, 7) is 4.06. The number of carboxylic acid groups (broad SMARTS) is 1. The Balaban J connectivity index is 2.00. The molecular formula is C17H22N4O3. The van der Waals surface area contributed by atoms with Crippen LogP contribution in [0.1, 0.15) is 35.0 Å². The maximum Gasteiger partial charge on any atom is 0.358 e. The maximum atomic E-state index is 12.4. The molecule has 0 spiro atoms. The predicted molar refractivity (Wildman–Crippen MR) is 88.7 cm³/mol. The zero-order valence-corrected chi connectivity index (χ0v) is 14.1. The minimum atomic E-state index is -1.16. The van der Waals surface area contributed by atoms with Gasteiger partial charge < -0.3 is 10.0 Å². The number of rotatable bonds is 7. The van der Waals surface area contributed by atoms with Gasteiger partial charge in [0.1, 0.15) is 6.54 Å². The molecular weight excluding hydrogens is 308 g/mol. The normalized spacial score (nSPS) is 12.0. The Kier molecular flexibility index (Phi) is 5.68. The van der Waals surface area contributed by atoms with Crippen molar-refractivity contribution in [1.29, 1.82) is 0 Å². The number of nitrogens with zero attached hydrogens (tertiary/aromatic N) is 4. The van der Waals surface area contributed by atoms with E-state index in [1.54, 1.807) is 11.9 Å². The van der Waals surface area contributed by atoms with Crippen molar-refractivity contribution in [3.05, 3.63) is 47.3 Å². The summed E-state index contributed by atoms with van der Waals surface area (Å²) < 4.78 is 1.25. The van der Waals surface area contributed by atoms with E-state index in [0.29, 0.717) is 0 Å². The molecule has 1 aromatic carbocycles. The van der Waals surface area contributed by atoms with Gasteiger partial charge in [-0.3, -0.25) is 4.79 Å². The van der Waals surface area contributed by atoms with Crippen LogP contribution in [0.2, 0.25) is 0 Å². The molecule has 128 valence electrons. The quantitative estimate of drug-likeness (QED) is 0.836. The van der Waals surface area contributed by atoms with E-state index in [0.717, 1.165) is 12.8 Å². The number of likely N-dealkylation sites (N-methyl/N-ethyl adjacent to an activating group) is 1. The molecule has 1 aromatic heterocycles. The van der Waals surface area contributed by atoms with Crippen LogP contribution >= 0.6 is 0 Å². The number of hydrogen-bond donors (Lipinski definition) is 1. The Morgan fingerprint density at radius 3 is 2.50 bits per heavy atom. The van der Waals surface area contributed by atoms with Gasteiger partial charge in [0.15, 0.2) is 5.69 Å². The summed E-state index contributed by atoms with van der Waals surface area (Å²) in [4.78, 5) is 24.9. The Bertz CT molecular complexity index is 709. The minimum Gasteiger partial charge on any atom is -0.476 e. The zero-order chi connectivity index (χ0) is 17.7. The number of carbonyl (C=O) groups is 2. The fraction of sp³-hybridized carbons (Fsp3) is 0.412. The molecule has 0 saturated carbocycles. The Hall–Kier alpha value is -2.70. The Morgan fingerprint density at radius 2 is 1.96 bits per heavy atom. The number of hydrogen-bond acceptors (Lipinski definition) is 4. The molecule has 0 aliphatic heterocycles. The molecule has 1 unspecified atom stereocenters. The van der Waals surface area contributed by atoms with Crippen molar-refractivity contribution in [3.8, 4) is 0 Å². The molecule has 7 heteroatoms. The molecule has 2 aromatic rings. The second-order valence-electron chi connectivity index (χ2n) is 5.86. The van der Waals surface area contributed by atoms with Gasteiger partial charge in [-0.15, -0.1) is 5.10 Å².